The number of hydrogen-bond acceptors (Lipinski definition) is 2. The third-order valence-electron chi connectivity index (χ3n) is 5.36. The molecule has 0 saturated heterocycles. The van der Waals surface area contributed by atoms with Crippen LogP contribution in [0, 0.1) is 0 Å². The molecule has 0 spiro atoms. The largest absolute Gasteiger partial charge is 0.351 e. The van der Waals surface area contributed by atoms with Gasteiger partial charge in [0.2, 0.25) is 5.91 Å². The Bertz CT molecular complexity index is 838. The van der Waals surface area contributed by atoms with Crippen molar-refractivity contribution in [3.63, 3.8) is 0 Å². The third kappa shape index (κ3) is 6.23. The Morgan fingerprint density at radius 2 is 1.62 bits per heavy atom. The maximum absolute atomic E-state index is 12.5. The first kappa shape index (κ1) is 21.2. The number of benzene rings is 2. The van der Waals surface area contributed by atoms with Crippen molar-refractivity contribution >= 4 is 29.2 Å². The van der Waals surface area contributed by atoms with Crippen LogP contribution in [0.25, 0.3) is 0 Å². The third-order valence-corrected chi connectivity index (χ3v) is 5.73. The summed E-state index contributed by atoms with van der Waals surface area (Å²) >= 11 is 6.16. The molecule has 154 valence electrons. The van der Waals surface area contributed by atoms with Crippen molar-refractivity contribution in [1.82, 2.24) is 10.6 Å². The summed E-state index contributed by atoms with van der Waals surface area (Å²) in [4.78, 5) is 25.0. The van der Waals surface area contributed by atoms with Gasteiger partial charge in [0.05, 0.1) is 12.5 Å². The highest BCUT2D eigenvalue weighted by Gasteiger charge is 2.28. The first-order valence-electron chi connectivity index (χ1n) is 10.2. The van der Waals surface area contributed by atoms with Gasteiger partial charge in [0.15, 0.2) is 0 Å². The Kier molecular flexibility index (Phi) is 7.53. The van der Waals surface area contributed by atoms with Crippen LogP contribution in [-0.4, -0.2) is 24.0 Å². The van der Waals surface area contributed by atoms with E-state index >= 15 is 0 Å². The van der Waals surface area contributed by atoms with Crippen LogP contribution >= 0.6 is 11.6 Å². The molecule has 2 aromatic rings. The van der Waals surface area contributed by atoms with Gasteiger partial charge in [0.1, 0.15) is 0 Å². The van der Waals surface area contributed by atoms with Gasteiger partial charge in [-0.05, 0) is 48.6 Å². The van der Waals surface area contributed by atoms with Crippen LogP contribution in [0.3, 0.4) is 0 Å². The minimum Gasteiger partial charge on any atom is -0.351 e. The number of amides is 3. The van der Waals surface area contributed by atoms with E-state index in [-0.39, 0.29) is 30.4 Å². The number of aryl methyl sites for hydroxylation is 1. The van der Waals surface area contributed by atoms with Gasteiger partial charge in [-0.25, -0.2) is 4.79 Å². The van der Waals surface area contributed by atoms with Crippen LogP contribution in [0.15, 0.2) is 48.5 Å². The Morgan fingerprint density at radius 1 is 0.966 bits per heavy atom. The average Bonchev–Trinajstić information content (AvgIpc) is 2.72. The van der Waals surface area contributed by atoms with E-state index in [1.54, 1.807) is 6.07 Å². The van der Waals surface area contributed by atoms with E-state index < -0.39 is 0 Å². The molecule has 3 amide bonds. The molecule has 0 aliphatic heterocycles. The summed E-state index contributed by atoms with van der Waals surface area (Å²) in [5.74, 6) is -0.0765. The van der Waals surface area contributed by atoms with Crippen LogP contribution < -0.4 is 16.0 Å². The SMILES string of the molecule is CCc1ccc(NC(=O)N[C@H]2CCCC[C@@H]2NC(=O)Cc2ccccc2Cl)cc1. The molecule has 2 aromatic carbocycles. The van der Waals surface area contributed by atoms with Gasteiger partial charge < -0.3 is 16.0 Å². The molecule has 6 heteroatoms. The summed E-state index contributed by atoms with van der Waals surface area (Å²) in [6.45, 7) is 2.10. The highest BCUT2D eigenvalue weighted by Crippen LogP contribution is 2.20. The molecule has 1 fully saturated rings. The zero-order valence-corrected chi connectivity index (χ0v) is 17.5. The lowest BCUT2D eigenvalue weighted by Crippen LogP contribution is -2.54. The molecule has 1 saturated carbocycles. The maximum Gasteiger partial charge on any atom is 0.319 e. The van der Waals surface area contributed by atoms with Gasteiger partial charge in [-0.2, -0.15) is 0 Å². The number of urea groups is 1. The second-order valence-corrected chi connectivity index (χ2v) is 7.89. The van der Waals surface area contributed by atoms with E-state index in [1.165, 1.54) is 5.56 Å². The summed E-state index contributed by atoms with van der Waals surface area (Å²) in [5.41, 5.74) is 2.79. The Hall–Kier alpha value is -2.53. The fourth-order valence-corrected chi connectivity index (χ4v) is 3.91. The number of halogens is 1. The van der Waals surface area contributed by atoms with E-state index in [0.717, 1.165) is 43.4 Å². The number of rotatable bonds is 6. The monoisotopic (exact) mass is 413 g/mol. The molecule has 3 N–H and O–H groups in total. The normalized spacial score (nSPS) is 18.7. The fourth-order valence-electron chi connectivity index (χ4n) is 3.71. The van der Waals surface area contributed by atoms with E-state index in [0.29, 0.717) is 5.02 Å². The zero-order valence-electron chi connectivity index (χ0n) is 16.7. The zero-order chi connectivity index (χ0) is 20.6. The van der Waals surface area contributed by atoms with E-state index in [4.69, 9.17) is 11.6 Å². The van der Waals surface area contributed by atoms with Crippen molar-refractivity contribution < 1.29 is 9.59 Å². The predicted molar refractivity (Wildman–Crippen MR) is 117 cm³/mol. The van der Waals surface area contributed by atoms with Gasteiger partial charge in [0.25, 0.3) is 0 Å². The van der Waals surface area contributed by atoms with Crippen molar-refractivity contribution in [3.05, 3.63) is 64.7 Å². The van der Waals surface area contributed by atoms with Gasteiger partial charge in [-0.3, -0.25) is 4.79 Å². The van der Waals surface area contributed by atoms with Crippen molar-refractivity contribution in [2.45, 2.75) is 57.5 Å². The van der Waals surface area contributed by atoms with E-state index in [9.17, 15) is 9.59 Å². The predicted octanol–water partition coefficient (Wildman–Crippen LogP) is 4.69. The van der Waals surface area contributed by atoms with Crippen LogP contribution in [0.4, 0.5) is 10.5 Å². The summed E-state index contributed by atoms with van der Waals surface area (Å²) < 4.78 is 0. The smallest absolute Gasteiger partial charge is 0.319 e. The van der Waals surface area contributed by atoms with E-state index in [2.05, 4.69) is 22.9 Å². The first-order chi connectivity index (χ1) is 14.0. The highest BCUT2D eigenvalue weighted by atomic mass is 35.5. The number of nitrogens with one attached hydrogen (secondary N) is 3. The second kappa shape index (κ2) is 10.3. The Labute approximate surface area is 177 Å². The molecule has 0 radical (unpaired) electrons. The standard InChI is InChI=1S/C23H28ClN3O2/c1-2-16-11-13-18(14-12-16)25-23(29)27-21-10-6-5-9-20(21)26-22(28)15-17-7-3-4-8-19(17)24/h3-4,7-8,11-14,20-21H,2,5-6,9-10,15H2,1H3,(H,26,28)(H2,25,27,29)/t20-,21-/m0/s1. The maximum atomic E-state index is 12.5. The molecule has 1 aliphatic rings. The highest BCUT2D eigenvalue weighted by molar-refractivity contribution is 6.31. The van der Waals surface area contributed by atoms with Gasteiger partial charge in [-0.15, -0.1) is 0 Å². The van der Waals surface area contributed by atoms with E-state index in [1.807, 2.05) is 42.5 Å². The van der Waals surface area contributed by atoms with Crippen LogP contribution in [0.2, 0.25) is 5.02 Å². The van der Waals surface area contributed by atoms with Crippen molar-refractivity contribution in [2.24, 2.45) is 0 Å². The van der Waals surface area contributed by atoms with Crippen LogP contribution in [0.1, 0.15) is 43.7 Å². The number of carbonyl (C=O) groups excluding carboxylic acids is 2. The quantitative estimate of drug-likeness (QED) is 0.642. The molecule has 0 unspecified atom stereocenters. The van der Waals surface area contributed by atoms with Gasteiger partial charge in [-0.1, -0.05) is 61.7 Å². The molecule has 3 rings (SSSR count). The number of hydrogen-bond donors (Lipinski definition) is 3. The number of anilines is 1. The molecule has 0 bridgehead atoms. The topological polar surface area (TPSA) is 70.2 Å². The summed E-state index contributed by atoms with van der Waals surface area (Å²) in [5, 5.41) is 9.60. The summed E-state index contributed by atoms with van der Waals surface area (Å²) in [6, 6.07) is 14.8. The lowest BCUT2D eigenvalue weighted by Gasteiger charge is -2.32. The molecule has 0 heterocycles. The lowest BCUT2D eigenvalue weighted by molar-refractivity contribution is -0.121. The molecule has 29 heavy (non-hydrogen) atoms. The Morgan fingerprint density at radius 3 is 2.28 bits per heavy atom. The summed E-state index contributed by atoms with van der Waals surface area (Å²) in [7, 11) is 0. The first-order valence-corrected chi connectivity index (χ1v) is 10.6. The summed E-state index contributed by atoms with van der Waals surface area (Å²) in [6.07, 6.45) is 4.97. The molecule has 1 aliphatic carbocycles. The molecule has 5 nitrogen and oxygen atoms in total. The van der Waals surface area contributed by atoms with Crippen molar-refractivity contribution in [3.8, 4) is 0 Å². The van der Waals surface area contributed by atoms with Crippen molar-refractivity contribution in [2.75, 3.05) is 5.32 Å². The van der Waals surface area contributed by atoms with Gasteiger partial charge >= 0.3 is 6.03 Å². The lowest BCUT2D eigenvalue weighted by atomic mass is 9.90. The molecular weight excluding hydrogens is 386 g/mol. The Balaban J connectivity index is 1.55. The minimum absolute atomic E-state index is 0.0765. The van der Waals surface area contributed by atoms with Crippen LogP contribution in [0.5, 0.6) is 0 Å². The fraction of sp³-hybridized carbons (Fsp3) is 0.391. The van der Waals surface area contributed by atoms with Gasteiger partial charge in [0, 0.05) is 16.8 Å². The minimum atomic E-state index is -0.244. The second-order valence-electron chi connectivity index (χ2n) is 7.48. The average molecular weight is 414 g/mol. The molecular formula is C23H28ClN3O2. The molecule has 0 aromatic heterocycles. The van der Waals surface area contributed by atoms with Crippen LogP contribution in [-0.2, 0) is 17.6 Å². The molecule has 2 atom stereocenters. The van der Waals surface area contributed by atoms with Crippen molar-refractivity contribution in [1.29, 1.82) is 0 Å². The number of carbonyl (C=O) groups is 2.